The van der Waals surface area contributed by atoms with Crippen molar-refractivity contribution in [3.05, 3.63) is 74.8 Å². The molecule has 0 aliphatic heterocycles. The van der Waals surface area contributed by atoms with Gasteiger partial charge < -0.3 is 9.80 Å². The Bertz CT molecular complexity index is 771. The summed E-state index contributed by atoms with van der Waals surface area (Å²) in [5.74, 6) is 0.998. The van der Waals surface area contributed by atoms with Crippen LogP contribution in [0.1, 0.15) is 0 Å². The van der Waals surface area contributed by atoms with Crippen molar-refractivity contribution in [2.45, 2.75) is 0 Å². The van der Waals surface area contributed by atoms with E-state index in [1.165, 1.54) is 12.3 Å². The van der Waals surface area contributed by atoms with E-state index >= 15 is 0 Å². The van der Waals surface area contributed by atoms with Crippen LogP contribution in [0.25, 0.3) is 0 Å². The van der Waals surface area contributed by atoms with Crippen LogP contribution in [0.4, 0.5) is 17.1 Å². The van der Waals surface area contributed by atoms with Gasteiger partial charge in [-0.15, -0.1) is 5.11 Å². The Morgan fingerprint density at radius 3 is 2.19 bits per heavy atom. The first-order valence-electron chi connectivity index (χ1n) is 7.46. The molecular weight excluding hydrogens is 340 g/mol. The summed E-state index contributed by atoms with van der Waals surface area (Å²) < 4.78 is 0. The lowest BCUT2D eigenvalue weighted by Gasteiger charge is -2.23. The molecular formula is C16H20N6O4. The maximum Gasteiger partial charge on any atom is 0.303 e. The van der Waals surface area contributed by atoms with E-state index in [0.717, 1.165) is 18.0 Å². The summed E-state index contributed by atoms with van der Waals surface area (Å²) >= 11 is 0. The fourth-order valence-electron chi connectivity index (χ4n) is 1.94. The van der Waals surface area contributed by atoms with Crippen LogP contribution in [0.2, 0.25) is 0 Å². The average molecular weight is 360 g/mol. The van der Waals surface area contributed by atoms with E-state index in [1.54, 1.807) is 12.2 Å². The van der Waals surface area contributed by atoms with Crippen molar-refractivity contribution in [3.8, 4) is 0 Å². The lowest BCUT2D eigenvalue weighted by molar-refractivity contribution is -0.393. The second kappa shape index (κ2) is 9.67. The molecule has 0 N–H and O–H groups in total. The average Bonchev–Trinajstić information content (AvgIpc) is 2.56. The van der Waals surface area contributed by atoms with Crippen LogP contribution < -0.4 is 0 Å². The standard InChI is InChI=1S/C16H20N6O4/c1-19(2)16(20(3)4)8-6-5-7-11-17-18-14-10-9-13(21(23)24)12-15(14)22(25)26/h5-12H,1-4H3/b6-5+,11-7+,18-17+. The third-order valence-corrected chi connectivity index (χ3v) is 3.07. The van der Waals surface area contributed by atoms with Gasteiger partial charge in [-0.3, -0.25) is 20.2 Å². The maximum atomic E-state index is 11.0. The highest BCUT2D eigenvalue weighted by Crippen LogP contribution is 2.31. The monoisotopic (exact) mass is 360 g/mol. The zero-order valence-corrected chi connectivity index (χ0v) is 14.9. The van der Waals surface area contributed by atoms with Crippen molar-refractivity contribution >= 4 is 17.1 Å². The minimum Gasteiger partial charge on any atom is -0.364 e. The Morgan fingerprint density at radius 1 is 1.00 bits per heavy atom. The number of nitrogens with zero attached hydrogens (tertiary/aromatic N) is 6. The SMILES string of the molecule is CN(C)C(=C/C=C/C=C/N=N/c1ccc([N+](=O)[O-])cc1[N+](=O)[O-])N(C)C. The highest BCUT2D eigenvalue weighted by molar-refractivity contribution is 5.61. The molecule has 0 aliphatic carbocycles. The molecule has 0 saturated carbocycles. The molecule has 10 nitrogen and oxygen atoms in total. The van der Waals surface area contributed by atoms with Gasteiger partial charge in [0, 0.05) is 40.5 Å². The smallest absolute Gasteiger partial charge is 0.303 e. The Balaban J connectivity index is 2.84. The molecule has 0 unspecified atom stereocenters. The number of allylic oxidation sites excluding steroid dienone is 4. The van der Waals surface area contributed by atoms with Gasteiger partial charge in [-0.1, -0.05) is 12.2 Å². The van der Waals surface area contributed by atoms with Crippen LogP contribution in [0.3, 0.4) is 0 Å². The summed E-state index contributed by atoms with van der Waals surface area (Å²) in [5.41, 5.74) is -0.911. The molecule has 0 radical (unpaired) electrons. The maximum absolute atomic E-state index is 11.0. The molecule has 0 aliphatic rings. The first-order valence-corrected chi connectivity index (χ1v) is 7.46. The first kappa shape index (κ1) is 20.5. The normalized spacial score (nSPS) is 11.2. The van der Waals surface area contributed by atoms with E-state index in [0.29, 0.717) is 0 Å². The minimum atomic E-state index is -0.736. The van der Waals surface area contributed by atoms with E-state index in [1.807, 2.05) is 50.1 Å². The molecule has 0 heterocycles. The van der Waals surface area contributed by atoms with E-state index in [-0.39, 0.29) is 11.4 Å². The number of benzene rings is 1. The Labute approximate surface area is 150 Å². The van der Waals surface area contributed by atoms with Gasteiger partial charge in [-0.2, -0.15) is 5.11 Å². The van der Waals surface area contributed by atoms with Crippen LogP contribution in [-0.2, 0) is 0 Å². The summed E-state index contributed by atoms with van der Waals surface area (Å²) in [6.07, 6.45) is 8.43. The zero-order chi connectivity index (χ0) is 19.7. The summed E-state index contributed by atoms with van der Waals surface area (Å²) in [7, 11) is 7.73. The molecule has 0 fully saturated rings. The molecule has 0 bridgehead atoms. The van der Waals surface area contributed by atoms with Crippen LogP contribution in [0.15, 0.2) is 64.8 Å². The molecule has 26 heavy (non-hydrogen) atoms. The third-order valence-electron chi connectivity index (χ3n) is 3.07. The fraction of sp³-hybridized carbons (Fsp3) is 0.250. The Morgan fingerprint density at radius 2 is 1.65 bits per heavy atom. The molecule has 1 aromatic rings. The predicted molar refractivity (Wildman–Crippen MR) is 98.0 cm³/mol. The van der Waals surface area contributed by atoms with Crippen molar-refractivity contribution < 1.29 is 9.85 Å². The zero-order valence-electron chi connectivity index (χ0n) is 14.9. The van der Waals surface area contributed by atoms with Crippen LogP contribution in [0, 0.1) is 20.2 Å². The van der Waals surface area contributed by atoms with Crippen molar-refractivity contribution in [1.82, 2.24) is 9.80 Å². The lowest BCUT2D eigenvalue weighted by Crippen LogP contribution is -2.24. The van der Waals surface area contributed by atoms with Crippen molar-refractivity contribution in [2.75, 3.05) is 28.2 Å². The minimum absolute atomic E-state index is 0.0587. The van der Waals surface area contributed by atoms with Crippen molar-refractivity contribution in [3.63, 3.8) is 0 Å². The molecule has 0 spiro atoms. The van der Waals surface area contributed by atoms with Gasteiger partial charge in [0.2, 0.25) is 0 Å². The second-order valence-electron chi connectivity index (χ2n) is 5.44. The number of nitro groups is 2. The highest BCUT2D eigenvalue weighted by Gasteiger charge is 2.19. The Hall–Kier alpha value is -3.56. The van der Waals surface area contributed by atoms with E-state index in [9.17, 15) is 20.2 Å². The van der Waals surface area contributed by atoms with Crippen LogP contribution in [-0.4, -0.2) is 47.8 Å². The molecule has 0 aromatic heterocycles. The molecule has 138 valence electrons. The molecule has 1 aromatic carbocycles. The predicted octanol–water partition coefficient (Wildman–Crippen LogP) is 3.62. The molecule has 10 heteroatoms. The van der Waals surface area contributed by atoms with Gasteiger partial charge in [0.15, 0.2) is 5.69 Å². The molecule has 1 rings (SSSR count). The number of rotatable bonds is 8. The van der Waals surface area contributed by atoms with Gasteiger partial charge in [0.05, 0.1) is 15.9 Å². The number of hydrogen-bond donors (Lipinski definition) is 0. The van der Waals surface area contributed by atoms with Gasteiger partial charge >= 0.3 is 5.69 Å². The summed E-state index contributed by atoms with van der Waals surface area (Å²) in [6.45, 7) is 0. The van der Waals surface area contributed by atoms with E-state index in [4.69, 9.17) is 0 Å². The van der Waals surface area contributed by atoms with Gasteiger partial charge in [0.25, 0.3) is 5.69 Å². The summed E-state index contributed by atoms with van der Waals surface area (Å²) in [4.78, 5) is 24.1. The van der Waals surface area contributed by atoms with Crippen molar-refractivity contribution in [2.24, 2.45) is 10.2 Å². The summed E-state index contributed by atoms with van der Waals surface area (Å²) in [6, 6.07) is 3.18. The number of hydrogen-bond acceptors (Lipinski definition) is 8. The van der Waals surface area contributed by atoms with Crippen LogP contribution >= 0.6 is 0 Å². The van der Waals surface area contributed by atoms with Crippen molar-refractivity contribution in [1.29, 1.82) is 0 Å². The topological polar surface area (TPSA) is 117 Å². The lowest BCUT2D eigenvalue weighted by atomic mass is 10.2. The number of non-ortho nitro benzene ring substituents is 1. The molecule has 0 atom stereocenters. The second-order valence-corrected chi connectivity index (χ2v) is 5.44. The van der Waals surface area contributed by atoms with E-state index < -0.39 is 15.5 Å². The van der Waals surface area contributed by atoms with Gasteiger partial charge in [-0.05, 0) is 18.2 Å². The first-order chi connectivity index (χ1) is 12.2. The number of azo groups is 1. The highest BCUT2D eigenvalue weighted by atomic mass is 16.6. The molecule has 0 saturated heterocycles. The summed E-state index contributed by atoms with van der Waals surface area (Å²) in [5, 5.41) is 29.1. The van der Waals surface area contributed by atoms with Gasteiger partial charge in [-0.25, -0.2) is 0 Å². The van der Waals surface area contributed by atoms with E-state index in [2.05, 4.69) is 10.2 Å². The van der Waals surface area contributed by atoms with Gasteiger partial charge in [0.1, 0.15) is 5.82 Å². The van der Waals surface area contributed by atoms with Crippen LogP contribution in [0.5, 0.6) is 0 Å². The quantitative estimate of drug-likeness (QED) is 0.302. The molecule has 0 amide bonds. The largest absolute Gasteiger partial charge is 0.364 e. The Kier molecular flexibility index (Phi) is 7.62. The number of nitro benzene ring substituents is 2. The fourth-order valence-corrected chi connectivity index (χ4v) is 1.94. The third kappa shape index (κ3) is 6.15.